The molecule has 1 aliphatic carbocycles. The van der Waals surface area contributed by atoms with E-state index < -0.39 is 36.7 Å². The van der Waals surface area contributed by atoms with Gasteiger partial charge in [-0.15, -0.1) is 0 Å². The second-order valence-corrected chi connectivity index (χ2v) is 8.90. The maximum Gasteiger partial charge on any atom is 0.408 e. The van der Waals surface area contributed by atoms with Crippen molar-refractivity contribution in [3.8, 4) is 17.2 Å². The van der Waals surface area contributed by atoms with Crippen molar-refractivity contribution in [2.24, 2.45) is 5.92 Å². The molecule has 0 saturated heterocycles. The first kappa shape index (κ1) is 25.3. The van der Waals surface area contributed by atoms with E-state index in [2.05, 4.69) is 10.3 Å². The molecule has 0 unspecified atom stereocenters. The largest absolute Gasteiger partial charge is 0.486 e. The van der Waals surface area contributed by atoms with Crippen LogP contribution >= 0.6 is 0 Å². The molecular formula is C23H28F2N2O7. The third-order valence-corrected chi connectivity index (χ3v) is 4.66. The summed E-state index contributed by atoms with van der Waals surface area (Å²) in [5, 5.41) is 2.65. The molecule has 1 atom stereocenters. The van der Waals surface area contributed by atoms with Crippen molar-refractivity contribution in [3.63, 3.8) is 0 Å². The second-order valence-electron chi connectivity index (χ2n) is 8.90. The summed E-state index contributed by atoms with van der Waals surface area (Å²) in [4.78, 5) is 28.4. The predicted octanol–water partition coefficient (Wildman–Crippen LogP) is 4.91. The summed E-state index contributed by atoms with van der Waals surface area (Å²) in [7, 11) is 0. The normalized spacial score (nSPS) is 14.4. The van der Waals surface area contributed by atoms with E-state index in [9.17, 15) is 18.4 Å². The number of ether oxygens (including phenoxy) is 4. The lowest BCUT2D eigenvalue weighted by atomic mass is 10.1. The van der Waals surface area contributed by atoms with Crippen molar-refractivity contribution in [1.29, 1.82) is 0 Å². The zero-order chi connectivity index (χ0) is 24.9. The van der Waals surface area contributed by atoms with Crippen LogP contribution in [0.3, 0.4) is 0 Å². The third-order valence-electron chi connectivity index (χ3n) is 4.66. The molecule has 186 valence electrons. The number of alkyl halides is 2. The average molecular weight is 482 g/mol. The molecule has 0 spiro atoms. The zero-order valence-electron chi connectivity index (χ0n) is 19.4. The number of halogens is 2. The number of nitrogens with zero attached hydrogens (tertiary/aromatic N) is 1. The SMILES string of the molecule is C[C@H](NC(=O)OC(C)(C)C)c1ccc(OC(=O)c2cocn2)c(OCC2CC2)c1OCC(F)F. The lowest BCUT2D eigenvalue weighted by Crippen LogP contribution is -2.34. The van der Waals surface area contributed by atoms with Gasteiger partial charge in [-0.2, -0.15) is 0 Å². The fraction of sp³-hybridized carbons (Fsp3) is 0.522. The summed E-state index contributed by atoms with van der Waals surface area (Å²) in [5.41, 5.74) is -0.456. The standard InChI is InChI=1S/C23H28F2N2O7/c1-13(27-22(29)34-23(2,3)4)15-7-8-17(33-21(28)16-10-30-12-26-16)20(31-9-14-5-6-14)19(15)32-11-18(24)25/h7-8,10,12-14,18H,5-6,9,11H2,1-4H3,(H,27,29)/t13-/m0/s1. The first-order valence-corrected chi connectivity index (χ1v) is 10.8. The maximum absolute atomic E-state index is 13.0. The summed E-state index contributed by atoms with van der Waals surface area (Å²) < 4.78 is 52.9. The van der Waals surface area contributed by atoms with Gasteiger partial charge in [0.25, 0.3) is 6.43 Å². The molecule has 0 radical (unpaired) electrons. The minimum absolute atomic E-state index is 0.0141. The van der Waals surface area contributed by atoms with Gasteiger partial charge in [0.05, 0.1) is 12.6 Å². The Balaban J connectivity index is 1.93. The van der Waals surface area contributed by atoms with Crippen molar-refractivity contribution in [3.05, 3.63) is 36.0 Å². The Morgan fingerprint density at radius 1 is 1.21 bits per heavy atom. The van der Waals surface area contributed by atoms with E-state index in [-0.39, 0.29) is 29.5 Å². The number of alkyl carbamates (subject to hydrolysis) is 1. The smallest absolute Gasteiger partial charge is 0.408 e. The van der Waals surface area contributed by atoms with Crippen LogP contribution in [0.25, 0.3) is 0 Å². The summed E-state index contributed by atoms with van der Waals surface area (Å²) in [6, 6.07) is 2.24. The highest BCUT2D eigenvalue weighted by molar-refractivity contribution is 5.89. The molecule has 1 aliphatic rings. The number of carbonyl (C=O) groups excluding carboxylic acids is 2. The fourth-order valence-corrected chi connectivity index (χ4v) is 2.93. The van der Waals surface area contributed by atoms with Gasteiger partial charge in [0.2, 0.25) is 5.75 Å². The molecule has 1 aromatic carbocycles. The van der Waals surface area contributed by atoms with Gasteiger partial charge < -0.3 is 28.7 Å². The van der Waals surface area contributed by atoms with Crippen molar-refractivity contribution >= 4 is 12.1 Å². The maximum atomic E-state index is 13.0. The number of benzene rings is 1. The zero-order valence-corrected chi connectivity index (χ0v) is 19.4. The molecule has 3 rings (SSSR count). The summed E-state index contributed by atoms with van der Waals surface area (Å²) in [6.07, 6.45) is 0.671. The van der Waals surface area contributed by atoms with Crippen LogP contribution in [0.4, 0.5) is 13.6 Å². The Morgan fingerprint density at radius 2 is 1.94 bits per heavy atom. The highest BCUT2D eigenvalue weighted by Crippen LogP contribution is 2.44. The topological polar surface area (TPSA) is 109 Å². The molecule has 1 fully saturated rings. The molecule has 9 nitrogen and oxygen atoms in total. The molecule has 1 aromatic heterocycles. The Hall–Kier alpha value is -3.37. The van der Waals surface area contributed by atoms with E-state index in [4.69, 9.17) is 23.4 Å². The van der Waals surface area contributed by atoms with Gasteiger partial charge in [0.1, 0.15) is 18.5 Å². The lowest BCUT2D eigenvalue weighted by Gasteiger charge is -2.24. The van der Waals surface area contributed by atoms with E-state index in [1.807, 2.05) is 0 Å². The third kappa shape index (κ3) is 7.32. The van der Waals surface area contributed by atoms with E-state index in [0.717, 1.165) is 25.5 Å². The monoisotopic (exact) mass is 482 g/mol. The van der Waals surface area contributed by atoms with Gasteiger partial charge in [-0.05, 0) is 58.6 Å². The van der Waals surface area contributed by atoms with Crippen LogP contribution in [-0.2, 0) is 4.74 Å². The summed E-state index contributed by atoms with van der Waals surface area (Å²) >= 11 is 0. The van der Waals surface area contributed by atoms with Crippen molar-refractivity contribution in [2.75, 3.05) is 13.2 Å². The van der Waals surface area contributed by atoms with Crippen LogP contribution in [0.2, 0.25) is 0 Å². The van der Waals surface area contributed by atoms with Crippen LogP contribution in [-0.4, -0.2) is 42.3 Å². The number of amides is 1. The van der Waals surface area contributed by atoms with Crippen LogP contribution in [0, 0.1) is 5.92 Å². The number of hydrogen-bond acceptors (Lipinski definition) is 8. The Morgan fingerprint density at radius 3 is 2.53 bits per heavy atom. The van der Waals surface area contributed by atoms with E-state index in [1.165, 1.54) is 12.1 Å². The molecule has 1 heterocycles. The molecule has 1 saturated carbocycles. The van der Waals surface area contributed by atoms with Crippen LogP contribution in [0.5, 0.6) is 17.2 Å². The van der Waals surface area contributed by atoms with E-state index >= 15 is 0 Å². The number of aromatic nitrogens is 1. The molecule has 1 N–H and O–H groups in total. The molecular weight excluding hydrogens is 454 g/mol. The highest BCUT2D eigenvalue weighted by Gasteiger charge is 2.29. The molecule has 1 amide bonds. The van der Waals surface area contributed by atoms with Gasteiger partial charge in [0.15, 0.2) is 23.6 Å². The first-order chi connectivity index (χ1) is 16.0. The van der Waals surface area contributed by atoms with Crippen molar-refractivity contribution in [1.82, 2.24) is 10.3 Å². The summed E-state index contributed by atoms with van der Waals surface area (Å²) in [5.74, 6) is -0.624. The quantitative estimate of drug-likeness (QED) is 0.376. The number of nitrogens with one attached hydrogen (secondary N) is 1. The Kier molecular flexibility index (Phi) is 7.95. The van der Waals surface area contributed by atoms with Crippen molar-refractivity contribution in [2.45, 2.75) is 58.6 Å². The van der Waals surface area contributed by atoms with E-state index in [0.29, 0.717) is 11.5 Å². The number of oxazole rings is 1. The number of esters is 1. The number of rotatable bonds is 10. The second kappa shape index (κ2) is 10.7. The highest BCUT2D eigenvalue weighted by atomic mass is 19.3. The Labute approximate surface area is 195 Å². The van der Waals surface area contributed by atoms with Gasteiger partial charge in [0, 0.05) is 5.56 Å². The van der Waals surface area contributed by atoms with Gasteiger partial charge >= 0.3 is 12.1 Å². The van der Waals surface area contributed by atoms with Gasteiger partial charge in [-0.3, -0.25) is 0 Å². The van der Waals surface area contributed by atoms with Crippen molar-refractivity contribution < 1.29 is 41.7 Å². The van der Waals surface area contributed by atoms with Crippen LogP contribution < -0.4 is 19.5 Å². The van der Waals surface area contributed by atoms with Crippen LogP contribution in [0.15, 0.2) is 29.2 Å². The van der Waals surface area contributed by atoms with Gasteiger partial charge in [-0.25, -0.2) is 23.4 Å². The molecule has 2 aromatic rings. The first-order valence-electron chi connectivity index (χ1n) is 10.8. The van der Waals surface area contributed by atoms with Gasteiger partial charge in [-0.1, -0.05) is 0 Å². The molecule has 0 aliphatic heterocycles. The minimum atomic E-state index is -2.76. The van der Waals surface area contributed by atoms with E-state index in [1.54, 1.807) is 27.7 Å². The average Bonchev–Trinajstić information content (AvgIpc) is 3.39. The number of carbonyl (C=O) groups is 2. The fourth-order valence-electron chi connectivity index (χ4n) is 2.93. The minimum Gasteiger partial charge on any atom is -0.486 e. The lowest BCUT2D eigenvalue weighted by molar-refractivity contribution is 0.0504. The number of hydrogen-bond donors (Lipinski definition) is 1. The molecule has 0 bridgehead atoms. The predicted molar refractivity (Wildman–Crippen MR) is 115 cm³/mol. The molecule has 11 heteroatoms. The molecule has 34 heavy (non-hydrogen) atoms. The van der Waals surface area contributed by atoms with Crippen LogP contribution in [0.1, 0.15) is 62.6 Å². The summed E-state index contributed by atoms with van der Waals surface area (Å²) in [6.45, 7) is 6.16. The Bertz CT molecular complexity index is 986.